The van der Waals surface area contributed by atoms with Crippen molar-refractivity contribution in [3.05, 3.63) is 12.7 Å². The number of hydrogen-bond donors (Lipinski definition) is 2. The van der Waals surface area contributed by atoms with Crippen molar-refractivity contribution in [2.45, 2.75) is 39.3 Å². The number of hydrogen-bond acceptors (Lipinski definition) is 3. The summed E-state index contributed by atoms with van der Waals surface area (Å²) < 4.78 is 0. The van der Waals surface area contributed by atoms with Crippen LogP contribution in [0.2, 0.25) is 0 Å². The highest BCUT2D eigenvalue weighted by Crippen LogP contribution is 2.04. The van der Waals surface area contributed by atoms with Gasteiger partial charge in [-0.3, -0.25) is 9.63 Å². The lowest BCUT2D eigenvalue weighted by Gasteiger charge is -2.22. The molecule has 0 aliphatic carbocycles. The zero-order valence-corrected chi connectivity index (χ0v) is 9.39. The lowest BCUT2D eigenvalue weighted by Crippen LogP contribution is -2.45. The number of nitrogens with one attached hydrogen (secondary N) is 2. The van der Waals surface area contributed by atoms with Crippen LogP contribution >= 0.6 is 0 Å². The highest BCUT2D eigenvalue weighted by Gasteiger charge is 2.16. The Morgan fingerprint density at radius 1 is 1.57 bits per heavy atom. The van der Waals surface area contributed by atoms with Crippen molar-refractivity contribution in [1.82, 2.24) is 10.8 Å². The molecule has 0 aliphatic heterocycles. The van der Waals surface area contributed by atoms with E-state index in [2.05, 4.69) is 17.4 Å². The fourth-order valence-electron chi connectivity index (χ4n) is 0.645. The highest BCUT2D eigenvalue weighted by molar-refractivity contribution is 5.81. The van der Waals surface area contributed by atoms with Gasteiger partial charge < -0.3 is 5.32 Å². The van der Waals surface area contributed by atoms with Crippen molar-refractivity contribution in [2.75, 3.05) is 6.54 Å². The Balaban J connectivity index is 3.78. The van der Waals surface area contributed by atoms with Crippen molar-refractivity contribution >= 4 is 5.91 Å². The first-order chi connectivity index (χ1) is 6.37. The predicted molar refractivity (Wildman–Crippen MR) is 56.6 cm³/mol. The second-order valence-corrected chi connectivity index (χ2v) is 4.09. The average molecular weight is 200 g/mol. The molecule has 0 aromatic carbocycles. The number of amides is 1. The van der Waals surface area contributed by atoms with Gasteiger partial charge in [-0.2, -0.15) is 5.48 Å². The van der Waals surface area contributed by atoms with E-state index in [4.69, 9.17) is 4.84 Å². The molecular weight excluding hydrogens is 180 g/mol. The van der Waals surface area contributed by atoms with Crippen LogP contribution in [-0.4, -0.2) is 24.1 Å². The van der Waals surface area contributed by atoms with E-state index in [1.54, 1.807) is 13.0 Å². The SMILES string of the molecule is C=CCNC(=O)C(C)NOC(C)(C)C. The average Bonchev–Trinajstić information content (AvgIpc) is 2.09. The monoisotopic (exact) mass is 200 g/mol. The van der Waals surface area contributed by atoms with Crippen molar-refractivity contribution in [3.63, 3.8) is 0 Å². The third-order valence-electron chi connectivity index (χ3n) is 1.36. The van der Waals surface area contributed by atoms with Crippen molar-refractivity contribution in [2.24, 2.45) is 0 Å². The lowest BCUT2D eigenvalue weighted by atomic mass is 10.2. The van der Waals surface area contributed by atoms with E-state index < -0.39 is 0 Å². The Morgan fingerprint density at radius 2 is 2.14 bits per heavy atom. The maximum absolute atomic E-state index is 11.3. The molecule has 0 aromatic rings. The Morgan fingerprint density at radius 3 is 2.57 bits per heavy atom. The van der Waals surface area contributed by atoms with Gasteiger partial charge in [0.05, 0.1) is 5.60 Å². The predicted octanol–water partition coefficient (Wildman–Crippen LogP) is 0.997. The lowest BCUT2D eigenvalue weighted by molar-refractivity contribution is -0.133. The van der Waals surface area contributed by atoms with Crippen LogP contribution in [0.5, 0.6) is 0 Å². The summed E-state index contributed by atoms with van der Waals surface area (Å²) in [4.78, 5) is 16.6. The van der Waals surface area contributed by atoms with Gasteiger partial charge in [0.15, 0.2) is 0 Å². The quantitative estimate of drug-likeness (QED) is 0.514. The normalized spacial score (nSPS) is 13.4. The molecule has 1 atom stereocenters. The smallest absolute Gasteiger partial charge is 0.239 e. The van der Waals surface area contributed by atoms with E-state index in [1.807, 2.05) is 20.8 Å². The Hall–Kier alpha value is -0.870. The third kappa shape index (κ3) is 6.62. The van der Waals surface area contributed by atoms with E-state index in [1.165, 1.54) is 0 Å². The molecule has 0 rings (SSSR count). The van der Waals surface area contributed by atoms with Gasteiger partial charge >= 0.3 is 0 Å². The Kier molecular flexibility index (Phi) is 5.42. The van der Waals surface area contributed by atoms with Gasteiger partial charge in [0.1, 0.15) is 6.04 Å². The summed E-state index contributed by atoms with van der Waals surface area (Å²) >= 11 is 0. The van der Waals surface area contributed by atoms with Gasteiger partial charge in [-0.1, -0.05) is 6.08 Å². The van der Waals surface area contributed by atoms with Crippen LogP contribution in [0.1, 0.15) is 27.7 Å². The van der Waals surface area contributed by atoms with Gasteiger partial charge in [-0.25, -0.2) is 0 Å². The molecule has 1 unspecified atom stereocenters. The molecule has 0 aliphatic rings. The minimum Gasteiger partial charge on any atom is -0.351 e. The molecule has 0 saturated carbocycles. The molecule has 14 heavy (non-hydrogen) atoms. The fraction of sp³-hybridized carbons (Fsp3) is 0.700. The van der Waals surface area contributed by atoms with Crippen LogP contribution in [0.25, 0.3) is 0 Å². The Labute approximate surface area is 85.7 Å². The molecule has 0 heterocycles. The van der Waals surface area contributed by atoms with E-state index >= 15 is 0 Å². The largest absolute Gasteiger partial charge is 0.351 e. The van der Waals surface area contributed by atoms with E-state index in [0.29, 0.717) is 6.54 Å². The molecule has 0 fully saturated rings. The summed E-state index contributed by atoms with van der Waals surface area (Å²) in [5, 5.41) is 2.67. The van der Waals surface area contributed by atoms with Crippen LogP contribution < -0.4 is 10.8 Å². The van der Waals surface area contributed by atoms with Crippen LogP contribution in [0.4, 0.5) is 0 Å². The first-order valence-corrected chi connectivity index (χ1v) is 4.69. The Bertz CT molecular complexity index is 197. The number of carbonyl (C=O) groups excluding carboxylic acids is 1. The molecule has 0 spiro atoms. The molecule has 0 bridgehead atoms. The first-order valence-electron chi connectivity index (χ1n) is 4.69. The van der Waals surface area contributed by atoms with E-state index in [-0.39, 0.29) is 17.6 Å². The van der Waals surface area contributed by atoms with E-state index in [0.717, 1.165) is 0 Å². The van der Waals surface area contributed by atoms with Crippen molar-refractivity contribution < 1.29 is 9.63 Å². The molecule has 4 nitrogen and oxygen atoms in total. The summed E-state index contributed by atoms with van der Waals surface area (Å²) in [5.41, 5.74) is 2.39. The standard InChI is InChI=1S/C10H20N2O2/c1-6-7-11-9(13)8(2)12-14-10(3,4)5/h6,8,12H,1,7H2,2-5H3,(H,11,13). The molecular formula is C10H20N2O2. The number of hydroxylamine groups is 1. The van der Waals surface area contributed by atoms with Gasteiger partial charge in [0.2, 0.25) is 5.91 Å². The minimum atomic E-state index is -0.367. The molecule has 4 heteroatoms. The van der Waals surface area contributed by atoms with Gasteiger partial charge in [-0.05, 0) is 27.7 Å². The summed E-state index contributed by atoms with van der Waals surface area (Å²) in [5.74, 6) is -0.103. The summed E-state index contributed by atoms with van der Waals surface area (Å²) in [6.07, 6.45) is 1.63. The topological polar surface area (TPSA) is 50.4 Å². The molecule has 2 N–H and O–H groups in total. The minimum absolute atomic E-state index is 0.103. The number of carbonyl (C=O) groups is 1. The molecule has 0 saturated heterocycles. The van der Waals surface area contributed by atoms with Crippen LogP contribution in [0, 0.1) is 0 Å². The maximum atomic E-state index is 11.3. The second-order valence-electron chi connectivity index (χ2n) is 4.09. The fourth-order valence-corrected chi connectivity index (χ4v) is 0.645. The third-order valence-corrected chi connectivity index (χ3v) is 1.36. The summed E-state index contributed by atoms with van der Waals surface area (Å²) in [6.45, 7) is 11.5. The second kappa shape index (κ2) is 5.78. The zero-order chi connectivity index (χ0) is 11.2. The maximum Gasteiger partial charge on any atom is 0.239 e. The highest BCUT2D eigenvalue weighted by atomic mass is 16.7. The van der Waals surface area contributed by atoms with Gasteiger partial charge in [-0.15, -0.1) is 6.58 Å². The molecule has 0 aromatic heterocycles. The summed E-state index contributed by atoms with van der Waals surface area (Å²) in [7, 11) is 0. The van der Waals surface area contributed by atoms with Crippen LogP contribution in [0.3, 0.4) is 0 Å². The van der Waals surface area contributed by atoms with Gasteiger partial charge in [0.25, 0.3) is 0 Å². The van der Waals surface area contributed by atoms with E-state index in [9.17, 15) is 4.79 Å². The molecule has 82 valence electrons. The van der Waals surface area contributed by atoms with Gasteiger partial charge in [0, 0.05) is 6.54 Å². The van der Waals surface area contributed by atoms with Crippen LogP contribution in [-0.2, 0) is 9.63 Å². The van der Waals surface area contributed by atoms with Crippen LogP contribution in [0.15, 0.2) is 12.7 Å². The zero-order valence-electron chi connectivity index (χ0n) is 9.39. The summed E-state index contributed by atoms with van der Waals surface area (Å²) in [6, 6.07) is -0.367. The first kappa shape index (κ1) is 13.1. The molecule has 0 radical (unpaired) electrons. The van der Waals surface area contributed by atoms with Crippen molar-refractivity contribution in [3.8, 4) is 0 Å². The molecule has 1 amide bonds. The van der Waals surface area contributed by atoms with Crippen molar-refractivity contribution in [1.29, 1.82) is 0 Å². The number of rotatable bonds is 5.